The highest BCUT2D eigenvalue weighted by molar-refractivity contribution is 4.84. The lowest BCUT2D eigenvalue weighted by molar-refractivity contribution is -0.0512. The average molecular weight is 189 g/mol. The second-order valence-corrected chi connectivity index (χ2v) is 4.45. The largest absolute Gasteiger partial charge is 0.316 e. The Morgan fingerprint density at radius 1 is 1.00 bits per heavy atom. The molecule has 76 valence electrons. The molecule has 2 fully saturated rings. The van der Waals surface area contributed by atoms with Gasteiger partial charge in [-0.2, -0.15) is 0 Å². The first-order valence-electron chi connectivity index (χ1n) is 5.26. The molecule has 3 heteroatoms. The predicted molar refractivity (Wildman–Crippen MR) is 47.9 cm³/mol. The van der Waals surface area contributed by atoms with Crippen LogP contribution in [0.2, 0.25) is 0 Å². The topological polar surface area (TPSA) is 12.0 Å². The van der Waals surface area contributed by atoms with Gasteiger partial charge in [-0.25, -0.2) is 8.78 Å². The molecule has 2 rings (SSSR count). The highest BCUT2D eigenvalue weighted by Crippen LogP contribution is 2.40. The molecule has 1 aliphatic carbocycles. The van der Waals surface area contributed by atoms with Gasteiger partial charge in [0.2, 0.25) is 5.92 Å². The van der Waals surface area contributed by atoms with E-state index in [1.807, 2.05) is 0 Å². The first-order valence-corrected chi connectivity index (χ1v) is 5.26. The molecule has 1 saturated carbocycles. The van der Waals surface area contributed by atoms with Crippen molar-refractivity contribution in [3.63, 3.8) is 0 Å². The third-order valence-electron chi connectivity index (χ3n) is 3.53. The van der Waals surface area contributed by atoms with E-state index in [0.29, 0.717) is 11.8 Å². The first kappa shape index (κ1) is 9.38. The Morgan fingerprint density at radius 2 is 1.69 bits per heavy atom. The van der Waals surface area contributed by atoms with E-state index >= 15 is 0 Å². The lowest BCUT2D eigenvalue weighted by Gasteiger charge is -2.31. The highest BCUT2D eigenvalue weighted by atomic mass is 19.3. The lowest BCUT2D eigenvalue weighted by atomic mass is 9.78. The van der Waals surface area contributed by atoms with Gasteiger partial charge in [0.05, 0.1) is 0 Å². The summed E-state index contributed by atoms with van der Waals surface area (Å²) >= 11 is 0. The summed E-state index contributed by atoms with van der Waals surface area (Å²) in [5.74, 6) is -1.12. The zero-order chi connectivity index (χ0) is 9.31. The van der Waals surface area contributed by atoms with Crippen LogP contribution >= 0.6 is 0 Å². The summed E-state index contributed by atoms with van der Waals surface area (Å²) in [6, 6.07) is 0. The van der Waals surface area contributed by atoms with Crippen LogP contribution in [0.1, 0.15) is 32.1 Å². The normalized spacial score (nSPS) is 35.1. The van der Waals surface area contributed by atoms with Crippen molar-refractivity contribution < 1.29 is 8.78 Å². The van der Waals surface area contributed by atoms with Crippen LogP contribution in [0.4, 0.5) is 8.78 Å². The van der Waals surface area contributed by atoms with E-state index in [0.717, 1.165) is 25.9 Å². The van der Waals surface area contributed by atoms with Crippen molar-refractivity contribution in [3.05, 3.63) is 0 Å². The molecular formula is C10H17F2N. The second-order valence-electron chi connectivity index (χ2n) is 4.45. The molecule has 0 amide bonds. The van der Waals surface area contributed by atoms with Gasteiger partial charge < -0.3 is 5.32 Å². The summed E-state index contributed by atoms with van der Waals surface area (Å²) in [5, 5.41) is 3.30. The van der Waals surface area contributed by atoms with Crippen LogP contribution in [-0.2, 0) is 0 Å². The SMILES string of the molecule is FC1(F)CCC([C@H]2CCNC2)CC1. The van der Waals surface area contributed by atoms with Crippen LogP contribution in [0.15, 0.2) is 0 Å². The summed E-state index contributed by atoms with van der Waals surface area (Å²) in [4.78, 5) is 0. The van der Waals surface area contributed by atoms with Gasteiger partial charge in [-0.1, -0.05) is 0 Å². The lowest BCUT2D eigenvalue weighted by Crippen LogP contribution is -2.29. The van der Waals surface area contributed by atoms with Crippen molar-refractivity contribution in [1.82, 2.24) is 5.32 Å². The molecule has 0 bridgehead atoms. The molecule has 2 aliphatic rings. The first-order chi connectivity index (χ1) is 6.17. The van der Waals surface area contributed by atoms with E-state index in [2.05, 4.69) is 5.32 Å². The minimum Gasteiger partial charge on any atom is -0.316 e. The number of hydrogen-bond acceptors (Lipinski definition) is 1. The van der Waals surface area contributed by atoms with Crippen molar-refractivity contribution in [2.45, 2.75) is 38.0 Å². The van der Waals surface area contributed by atoms with Gasteiger partial charge in [0.25, 0.3) is 0 Å². The molecule has 0 unspecified atom stereocenters. The van der Waals surface area contributed by atoms with E-state index in [1.165, 1.54) is 6.42 Å². The number of nitrogens with one attached hydrogen (secondary N) is 1. The molecule has 0 spiro atoms. The number of rotatable bonds is 1. The Kier molecular flexibility index (Phi) is 2.54. The minimum absolute atomic E-state index is 0.119. The third-order valence-corrected chi connectivity index (χ3v) is 3.53. The molecule has 1 saturated heterocycles. The maximum absolute atomic E-state index is 12.8. The molecule has 1 aliphatic heterocycles. The number of hydrogen-bond donors (Lipinski definition) is 1. The molecule has 0 radical (unpaired) electrons. The van der Waals surface area contributed by atoms with Crippen LogP contribution in [0.5, 0.6) is 0 Å². The highest BCUT2D eigenvalue weighted by Gasteiger charge is 2.37. The Balaban J connectivity index is 1.83. The Bertz CT molecular complexity index is 166. The standard InChI is InChI=1S/C10H17F2N/c11-10(12)4-1-8(2-5-10)9-3-6-13-7-9/h8-9,13H,1-7H2/t9-/m0/s1. The second kappa shape index (κ2) is 3.52. The molecule has 1 nitrogen and oxygen atoms in total. The summed E-state index contributed by atoms with van der Waals surface area (Å²) in [6.07, 6.45) is 2.90. The minimum atomic E-state index is -2.36. The van der Waals surface area contributed by atoms with Crippen LogP contribution in [-0.4, -0.2) is 19.0 Å². The zero-order valence-electron chi connectivity index (χ0n) is 7.86. The molecule has 1 N–H and O–H groups in total. The van der Waals surface area contributed by atoms with Crippen molar-refractivity contribution in [2.75, 3.05) is 13.1 Å². The van der Waals surface area contributed by atoms with Crippen molar-refractivity contribution in [2.24, 2.45) is 11.8 Å². The van der Waals surface area contributed by atoms with Gasteiger partial charge in [-0.05, 0) is 44.2 Å². The summed E-state index contributed by atoms with van der Waals surface area (Å²) < 4.78 is 25.7. The number of halogens is 2. The molecule has 0 aromatic carbocycles. The van der Waals surface area contributed by atoms with Gasteiger partial charge in [-0.3, -0.25) is 0 Å². The van der Waals surface area contributed by atoms with E-state index in [9.17, 15) is 8.78 Å². The number of alkyl halides is 2. The van der Waals surface area contributed by atoms with Crippen molar-refractivity contribution in [3.8, 4) is 0 Å². The quantitative estimate of drug-likeness (QED) is 0.668. The van der Waals surface area contributed by atoms with Crippen LogP contribution in [0, 0.1) is 11.8 Å². The van der Waals surface area contributed by atoms with E-state index in [-0.39, 0.29) is 12.8 Å². The molecule has 0 aromatic heterocycles. The fourth-order valence-electron chi connectivity index (χ4n) is 2.61. The Morgan fingerprint density at radius 3 is 2.23 bits per heavy atom. The van der Waals surface area contributed by atoms with Gasteiger partial charge in [0.1, 0.15) is 0 Å². The maximum atomic E-state index is 12.8. The molecular weight excluding hydrogens is 172 g/mol. The average Bonchev–Trinajstić information content (AvgIpc) is 2.56. The van der Waals surface area contributed by atoms with E-state index in [4.69, 9.17) is 0 Å². The Hall–Kier alpha value is -0.180. The maximum Gasteiger partial charge on any atom is 0.248 e. The molecule has 0 aromatic rings. The van der Waals surface area contributed by atoms with Crippen LogP contribution in [0.3, 0.4) is 0 Å². The smallest absolute Gasteiger partial charge is 0.248 e. The monoisotopic (exact) mass is 189 g/mol. The van der Waals surface area contributed by atoms with Crippen LogP contribution < -0.4 is 5.32 Å². The fourth-order valence-corrected chi connectivity index (χ4v) is 2.61. The molecule has 1 heterocycles. The van der Waals surface area contributed by atoms with Gasteiger partial charge in [0, 0.05) is 12.8 Å². The van der Waals surface area contributed by atoms with E-state index < -0.39 is 5.92 Å². The van der Waals surface area contributed by atoms with Gasteiger partial charge in [0.15, 0.2) is 0 Å². The van der Waals surface area contributed by atoms with E-state index in [1.54, 1.807) is 0 Å². The van der Waals surface area contributed by atoms with Crippen molar-refractivity contribution >= 4 is 0 Å². The zero-order valence-corrected chi connectivity index (χ0v) is 7.86. The van der Waals surface area contributed by atoms with Gasteiger partial charge in [-0.15, -0.1) is 0 Å². The molecule has 13 heavy (non-hydrogen) atoms. The summed E-state index contributed by atoms with van der Waals surface area (Å²) in [6.45, 7) is 2.13. The summed E-state index contributed by atoms with van der Waals surface area (Å²) in [5.41, 5.74) is 0. The predicted octanol–water partition coefficient (Wildman–Crippen LogP) is 2.42. The Labute approximate surface area is 77.9 Å². The fraction of sp³-hybridized carbons (Fsp3) is 1.00. The van der Waals surface area contributed by atoms with Crippen molar-refractivity contribution in [1.29, 1.82) is 0 Å². The summed E-state index contributed by atoms with van der Waals surface area (Å²) in [7, 11) is 0. The van der Waals surface area contributed by atoms with Gasteiger partial charge >= 0.3 is 0 Å². The third kappa shape index (κ3) is 2.19. The van der Waals surface area contributed by atoms with Crippen LogP contribution in [0.25, 0.3) is 0 Å². The molecule has 1 atom stereocenters.